The Morgan fingerprint density at radius 2 is 2.30 bits per heavy atom. The molecule has 0 fully saturated rings. The predicted molar refractivity (Wildman–Crippen MR) is 80.1 cm³/mol. The third-order valence-corrected chi connectivity index (χ3v) is 3.29. The van der Waals surface area contributed by atoms with E-state index in [1.165, 1.54) is 0 Å². The molecule has 5 nitrogen and oxygen atoms in total. The number of hydrogen-bond donors (Lipinski definition) is 2. The Kier molecular flexibility index (Phi) is 4.74. The van der Waals surface area contributed by atoms with E-state index in [4.69, 9.17) is 5.73 Å². The summed E-state index contributed by atoms with van der Waals surface area (Å²) in [5, 5.41) is 3.95. The summed E-state index contributed by atoms with van der Waals surface area (Å²) in [6.45, 7) is 5.73. The molecule has 20 heavy (non-hydrogen) atoms. The summed E-state index contributed by atoms with van der Waals surface area (Å²) < 4.78 is 1.86. The Morgan fingerprint density at radius 3 is 3.00 bits per heavy atom. The largest absolute Gasteiger partial charge is 0.355 e. The smallest absolute Gasteiger partial charge is 0.239 e. The number of carbonyl (C=O) groups is 1. The van der Waals surface area contributed by atoms with E-state index in [9.17, 15) is 4.79 Å². The van der Waals surface area contributed by atoms with Crippen molar-refractivity contribution < 1.29 is 4.79 Å². The van der Waals surface area contributed by atoms with Crippen LogP contribution < -0.4 is 11.1 Å². The molecule has 0 unspecified atom stereocenters. The van der Waals surface area contributed by atoms with Crippen LogP contribution in [0.5, 0.6) is 0 Å². The summed E-state index contributed by atoms with van der Waals surface area (Å²) in [6, 6.07) is 3.87. The van der Waals surface area contributed by atoms with Gasteiger partial charge in [0, 0.05) is 30.9 Å². The van der Waals surface area contributed by atoms with Gasteiger partial charge in [-0.1, -0.05) is 13.8 Å². The summed E-state index contributed by atoms with van der Waals surface area (Å²) in [5.41, 5.74) is 7.56. The number of nitrogens with one attached hydrogen (secondary N) is 1. The average molecular weight is 274 g/mol. The highest BCUT2D eigenvalue weighted by Crippen LogP contribution is 2.18. The van der Waals surface area contributed by atoms with Crippen LogP contribution in [0, 0.1) is 5.92 Å². The summed E-state index contributed by atoms with van der Waals surface area (Å²) >= 11 is 0. The third kappa shape index (κ3) is 3.36. The highest BCUT2D eigenvalue weighted by atomic mass is 16.1. The molecule has 0 spiro atoms. The average Bonchev–Trinajstić information content (AvgIpc) is 2.77. The van der Waals surface area contributed by atoms with Crippen molar-refractivity contribution in [2.75, 3.05) is 6.54 Å². The van der Waals surface area contributed by atoms with E-state index >= 15 is 0 Å². The number of amides is 1. The van der Waals surface area contributed by atoms with Gasteiger partial charge in [-0.05, 0) is 30.0 Å². The summed E-state index contributed by atoms with van der Waals surface area (Å²) in [4.78, 5) is 16.3. The minimum atomic E-state index is 0.0109. The minimum absolute atomic E-state index is 0.0109. The van der Waals surface area contributed by atoms with E-state index in [0.717, 1.165) is 23.0 Å². The normalized spacial score (nSPS) is 11.2. The standard InChI is InChI=1S/C15H22N4O/c1-11(2)5-7-17-14(20)10-19-9-12(8-16)13-4-3-6-18-15(13)19/h3-4,6,9,11H,5,7-8,10,16H2,1-2H3,(H,17,20). The maximum atomic E-state index is 11.9. The van der Waals surface area contributed by atoms with Crippen molar-refractivity contribution >= 4 is 16.9 Å². The van der Waals surface area contributed by atoms with Crippen molar-refractivity contribution in [1.82, 2.24) is 14.9 Å². The lowest BCUT2D eigenvalue weighted by molar-refractivity contribution is -0.121. The molecule has 0 aliphatic rings. The van der Waals surface area contributed by atoms with E-state index in [-0.39, 0.29) is 12.5 Å². The van der Waals surface area contributed by atoms with Gasteiger partial charge in [0.05, 0.1) is 0 Å². The first-order chi connectivity index (χ1) is 9.61. The number of pyridine rings is 1. The highest BCUT2D eigenvalue weighted by Gasteiger charge is 2.10. The number of carbonyl (C=O) groups excluding carboxylic acids is 1. The van der Waals surface area contributed by atoms with Gasteiger partial charge in [0.1, 0.15) is 12.2 Å². The molecule has 3 N–H and O–H groups in total. The maximum absolute atomic E-state index is 11.9. The number of hydrogen-bond acceptors (Lipinski definition) is 3. The second-order valence-electron chi connectivity index (χ2n) is 5.39. The van der Waals surface area contributed by atoms with Crippen molar-refractivity contribution in [1.29, 1.82) is 0 Å². The summed E-state index contributed by atoms with van der Waals surface area (Å²) in [6.07, 6.45) is 4.64. The predicted octanol–water partition coefficient (Wildman–Crippen LogP) is 1.66. The van der Waals surface area contributed by atoms with Crippen molar-refractivity contribution in [2.24, 2.45) is 11.7 Å². The molecule has 2 heterocycles. The van der Waals surface area contributed by atoms with E-state index in [0.29, 0.717) is 19.0 Å². The molecule has 2 aromatic rings. The minimum Gasteiger partial charge on any atom is -0.355 e. The summed E-state index contributed by atoms with van der Waals surface area (Å²) in [7, 11) is 0. The Labute approximate surface area is 119 Å². The van der Waals surface area contributed by atoms with Crippen LogP contribution in [0.25, 0.3) is 11.0 Å². The molecule has 2 aromatic heterocycles. The van der Waals surface area contributed by atoms with Gasteiger partial charge in [0.15, 0.2) is 0 Å². The molecule has 0 saturated carbocycles. The summed E-state index contributed by atoms with van der Waals surface area (Å²) in [5.74, 6) is 0.602. The van der Waals surface area contributed by atoms with Gasteiger partial charge < -0.3 is 15.6 Å². The quantitative estimate of drug-likeness (QED) is 0.841. The zero-order valence-electron chi connectivity index (χ0n) is 12.1. The molecular weight excluding hydrogens is 252 g/mol. The van der Waals surface area contributed by atoms with Crippen LogP contribution in [0.2, 0.25) is 0 Å². The van der Waals surface area contributed by atoms with Crippen molar-refractivity contribution in [3.8, 4) is 0 Å². The molecule has 1 amide bonds. The molecule has 0 atom stereocenters. The fourth-order valence-corrected chi connectivity index (χ4v) is 2.19. The van der Waals surface area contributed by atoms with Crippen LogP contribution in [0.4, 0.5) is 0 Å². The zero-order valence-corrected chi connectivity index (χ0v) is 12.1. The van der Waals surface area contributed by atoms with E-state index in [1.807, 2.05) is 22.9 Å². The van der Waals surface area contributed by atoms with Crippen LogP contribution >= 0.6 is 0 Å². The van der Waals surface area contributed by atoms with Gasteiger partial charge in [0.25, 0.3) is 0 Å². The fraction of sp³-hybridized carbons (Fsp3) is 0.467. The van der Waals surface area contributed by atoms with Gasteiger partial charge in [-0.15, -0.1) is 0 Å². The molecule has 108 valence electrons. The fourth-order valence-electron chi connectivity index (χ4n) is 2.19. The van der Waals surface area contributed by atoms with Crippen molar-refractivity contribution in [2.45, 2.75) is 33.4 Å². The lowest BCUT2D eigenvalue weighted by Crippen LogP contribution is -2.28. The molecule has 0 radical (unpaired) electrons. The van der Waals surface area contributed by atoms with Gasteiger partial charge in [-0.3, -0.25) is 4.79 Å². The Bertz CT molecular complexity index is 589. The van der Waals surface area contributed by atoms with E-state index in [2.05, 4.69) is 24.1 Å². The van der Waals surface area contributed by atoms with Crippen LogP contribution in [0.15, 0.2) is 24.5 Å². The van der Waals surface area contributed by atoms with Gasteiger partial charge in [-0.25, -0.2) is 4.98 Å². The molecule has 0 aliphatic heterocycles. The molecule has 0 saturated heterocycles. The van der Waals surface area contributed by atoms with Gasteiger partial charge >= 0.3 is 0 Å². The first-order valence-corrected chi connectivity index (χ1v) is 7.01. The molecule has 0 bridgehead atoms. The SMILES string of the molecule is CC(C)CCNC(=O)Cn1cc(CN)c2cccnc21. The molecular formula is C15H22N4O. The first-order valence-electron chi connectivity index (χ1n) is 7.01. The number of nitrogens with two attached hydrogens (primary N) is 1. The molecule has 0 aliphatic carbocycles. The zero-order chi connectivity index (χ0) is 14.5. The molecule has 5 heteroatoms. The Balaban J connectivity index is 2.08. The van der Waals surface area contributed by atoms with Gasteiger partial charge in [-0.2, -0.15) is 0 Å². The van der Waals surface area contributed by atoms with Crippen LogP contribution in [0.1, 0.15) is 25.8 Å². The lowest BCUT2D eigenvalue weighted by atomic mass is 10.1. The number of aromatic nitrogens is 2. The van der Waals surface area contributed by atoms with E-state index < -0.39 is 0 Å². The Hall–Kier alpha value is -1.88. The third-order valence-electron chi connectivity index (χ3n) is 3.29. The maximum Gasteiger partial charge on any atom is 0.239 e. The van der Waals surface area contributed by atoms with Crippen LogP contribution in [-0.2, 0) is 17.9 Å². The van der Waals surface area contributed by atoms with E-state index in [1.54, 1.807) is 6.20 Å². The topological polar surface area (TPSA) is 72.9 Å². The Morgan fingerprint density at radius 1 is 1.50 bits per heavy atom. The monoisotopic (exact) mass is 274 g/mol. The van der Waals surface area contributed by atoms with Crippen LogP contribution in [-0.4, -0.2) is 22.0 Å². The van der Waals surface area contributed by atoms with Gasteiger partial charge in [0.2, 0.25) is 5.91 Å². The second-order valence-corrected chi connectivity index (χ2v) is 5.39. The van der Waals surface area contributed by atoms with Crippen molar-refractivity contribution in [3.05, 3.63) is 30.1 Å². The number of fused-ring (bicyclic) bond motifs is 1. The number of nitrogens with zero attached hydrogens (tertiary/aromatic N) is 2. The first kappa shape index (κ1) is 14.5. The lowest BCUT2D eigenvalue weighted by Gasteiger charge is -2.08. The molecule has 2 rings (SSSR count). The molecule has 0 aromatic carbocycles. The number of rotatable bonds is 6. The van der Waals surface area contributed by atoms with Crippen LogP contribution in [0.3, 0.4) is 0 Å². The van der Waals surface area contributed by atoms with Crippen molar-refractivity contribution in [3.63, 3.8) is 0 Å². The second kappa shape index (κ2) is 6.52. The highest BCUT2D eigenvalue weighted by molar-refractivity contribution is 5.83.